The molecule has 252 valence electrons. The van der Waals surface area contributed by atoms with Gasteiger partial charge in [0.1, 0.15) is 23.9 Å². The first-order valence-electron chi connectivity index (χ1n) is 17.8. The quantitative estimate of drug-likeness (QED) is 0.166. The van der Waals surface area contributed by atoms with Crippen molar-refractivity contribution in [3.8, 4) is 11.5 Å². The van der Waals surface area contributed by atoms with Crippen LogP contribution in [-0.2, 0) is 27.8 Å². The topological polar surface area (TPSA) is 81.7 Å². The molecule has 3 aromatic rings. The SMILES string of the molecule is CCCCNS(=O)(=O)CCCCCOc1ccc([C@H]2C[C@]3(C)C(=O)CCC3C3CCc4cc(OCc5ccccc5)ccc4C32)cc1. The van der Waals surface area contributed by atoms with Gasteiger partial charge in [-0.15, -0.1) is 0 Å². The van der Waals surface area contributed by atoms with Crippen molar-refractivity contribution in [3.63, 3.8) is 0 Å². The third kappa shape index (κ3) is 7.78. The Balaban J connectivity index is 1.11. The van der Waals surface area contributed by atoms with Crippen molar-refractivity contribution >= 4 is 15.8 Å². The van der Waals surface area contributed by atoms with E-state index < -0.39 is 10.0 Å². The summed E-state index contributed by atoms with van der Waals surface area (Å²) in [4.78, 5) is 13.3. The number of carbonyl (C=O) groups is 1. The molecule has 0 amide bonds. The van der Waals surface area contributed by atoms with Crippen LogP contribution >= 0.6 is 0 Å². The zero-order chi connectivity index (χ0) is 32.9. The highest BCUT2D eigenvalue weighted by Crippen LogP contribution is 2.64. The number of carbonyl (C=O) groups excluding carboxylic acids is 1. The minimum Gasteiger partial charge on any atom is -0.494 e. The van der Waals surface area contributed by atoms with Crippen molar-refractivity contribution in [2.75, 3.05) is 18.9 Å². The molecule has 3 aliphatic carbocycles. The fourth-order valence-electron chi connectivity index (χ4n) is 8.66. The van der Waals surface area contributed by atoms with Gasteiger partial charge in [-0.2, -0.15) is 0 Å². The van der Waals surface area contributed by atoms with Crippen molar-refractivity contribution in [1.29, 1.82) is 0 Å². The standard InChI is InChI=1S/C40H51NO5S/c1-3-4-23-41-47(43,44)25-10-6-9-24-45-32-16-13-30(14-17-32)36-27-40(2)37(21-22-38(40)42)35-19-15-31-26-33(18-20-34(31)39(35)36)46-28-29-11-7-5-8-12-29/h5,7-8,11-14,16-18,20,26,35-37,39,41H,3-4,6,9-10,15,19,21-25,27-28H2,1-2H3/t35?,36-,37?,39?,40+/m1/s1. The van der Waals surface area contributed by atoms with Crippen LogP contribution in [0.25, 0.3) is 0 Å². The molecule has 3 unspecified atom stereocenters. The number of hydrogen-bond donors (Lipinski definition) is 1. The van der Waals surface area contributed by atoms with E-state index in [9.17, 15) is 13.2 Å². The maximum atomic E-state index is 13.3. The Morgan fingerprint density at radius 2 is 1.66 bits per heavy atom. The lowest BCUT2D eigenvalue weighted by Gasteiger charge is -2.52. The molecule has 0 bridgehead atoms. The second-order valence-corrected chi connectivity index (χ2v) is 16.1. The van der Waals surface area contributed by atoms with Gasteiger partial charge < -0.3 is 9.47 Å². The predicted octanol–water partition coefficient (Wildman–Crippen LogP) is 8.35. The van der Waals surface area contributed by atoms with Crippen LogP contribution in [0.5, 0.6) is 11.5 Å². The first-order valence-corrected chi connectivity index (χ1v) is 19.5. The first-order chi connectivity index (χ1) is 22.8. The maximum absolute atomic E-state index is 13.3. The minimum atomic E-state index is -3.18. The van der Waals surface area contributed by atoms with E-state index in [4.69, 9.17) is 9.47 Å². The molecule has 0 spiro atoms. The van der Waals surface area contributed by atoms with E-state index in [0.29, 0.717) is 56.1 Å². The van der Waals surface area contributed by atoms with E-state index in [-0.39, 0.29) is 17.1 Å². The largest absolute Gasteiger partial charge is 0.494 e. The number of ketones is 1. The molecule has 0 radical (unpaired) electrons. The number of sulfonamides is 1. The molecule has 0 aromatic heterocycles. The molecular weight excluding hydrogens is 607 g/mol. The molecule has 7 heteroatoms. The molecule has 6 nitrogen and oxygen atoms in total. The molecule has 0 saturated heterocycles. The maximum Gasteiger partial charge on any atom is 0.211 e. The van der Waals surface area contributed by atoms with Crippen LogP contribution in [0.1, 0.15) is 106 Å². The van der Waals surface area contributed by atoms with Crippen LogP contribution in [0.2, 0.25) is 0 Å². The van der Waals surface area contributed by atoms with Crippen LogP contribution in [0, 0.1) is 17.3 Å². The number of hydrogen-bond acceptors (Lipinski definition) is 5. The molecule has 47 heavy (non-hydrogen) atoms. The second kappa shape index (κ2) is 14.9. The molecule has 0 aliphatic heterocycles. The summed E-state index contributed by atoms with van der Waals surface area (Å²) in [5.41, 5.74) is 5.01. The predicted molar refractivity (Wildman–Crippen MR) is 187 cm³/mol. The van der Waals surface area contributed by atoms with Crippen LogP contribution in [-0.4, -0.2) is 33.1 Å². The lowest BCUT2D eigenvalue weighted by Crippen LogP contribution is -2.46. The van der Waals surface area contributed by atoms with Gasteiger partial charge in [-0.25, -0.2) is 13.1 Å². The Labute approximate surface area is 281 Å². The summed E-state index contributed by atoms with van der Waals surface area (Å²) in [6.07, 6.45) is 8.86. The number of Topliss-reactive ketones (excluding diaryl/α,β-unsaturated/α-hetero) is 1. The number of aryl methyl sites for hydroxylation is 1. The molecule has 0 heterocycles. The zero-order valence-corrected chi connectivity index (χ0v) is 28.9. The first kappa shape index (κ1) is 33.7. The van der Waals surface area contributed by atoms with Crippen molar-refractivity contribution in [2.45, 2.75) is 96.5 Å². The summed E-state index contributed by atoms with van der Waals surface area (Å²) >= 11 is 0. The monoisotopic (exact) mass is 657 g/mol. The number of ether oxygens (including phenoxy) is 2. The lowest BCUT2D eigenvalue weighted by atomic mass is 9.51. The number of rotatable bonds is 15. The summed E-state index contributed by atoms with van der Waals surface area (Å²) in [6, 6.07) is 25.6. The van der Waals surface area contributed by atoms with Gasteiger partial charge in [-0.05, 0) is 122 Å². The Morgan fingerprint density at radius 3 is 2.45 bits per heavy atom. The van der Waals surface area contributed by atoms with E-state index in [0.717, 1.165) is 68.4 Å². The highest BCUT2D eigenvalue weighted by Gasteiger charge is 2.57. The molecule has 2 saturated carbocycles. The van der Waals surface area contributed by atoms with Gasteiger partial charge in [0.25, 0.3) is 0 Å². The fourth-order valence-corrected chi connectivity index (χ4v) is 9.84. The summed E-state index contributed by atoms with van der Waals surface area (Å²) in [5, 5.41) is 0. The van der Waals surface area contributed by atoms with Gasteiger partial charge in [0.2, 0.25) is 10.0 Å². The minimum absolute atomic E-state index is 0.169. The number of nitrogens with one attached hydrogen (secondary N) is 1. The molecule has 3 aromatic carbocycles. The summed E-state index contributed by atoms with van der Waals surface area (Å²) in [6.45, 7) is 5.94. The Bertz CT molecular complexity index is 1610. The average Bonchev–Trinajstić information content (AvgIpc) is 3.39. The Morgan fingerprint density at radius 1 is 0.872 bits per heavy atom. The number of fused-ring (bicyclic) bond motifs is 5. The van der Waals surface area contributed by atoms with Gasteiger partial charge in [-0.1, -0.05) is 68.8 Å². The second-order valence-electron chi connectivity index (χ2n) is 14.2. The van der Waals surface area contributed by atoms with Gasteiger partial charge in [0.15, 0.2) is 0 Å². The highest BCUT2D eigenvalue weighted by atomic mass is 32.2. The van der Waals surface area contributed by atoms with E-state index in [1.807, 2.05) is 18.2 Å². The van der Waals surface area contributed by atoms with Crippen LogP contribution in [0.15, 0.2) is 72.8 Å². The molecule has 3 aliphatic rings. The molecule has 1 N–H and O–H groups in total. The van der Waals surface area contributed by atoms with Gasteiger partial charge in [0, 0.05) is 18.4 Å². The number of benzene rings is 3. The van der Waals surface area contributed by atoms with Gasteiger partial charge >= 0.3 is 0 Å². The summed E-state index contributed by atoms with van der Waals surface area (Å²) in [7, 11) is -3.18. The van der Waals surface area contributed by atoms with E-state index in [2.05, 4.69) is 73.2 Å². The van der Waals surface area contributed by atoms with Crippen molar-refractivity contribution in [1.82, 2.24) is 4.72 Å². The van der Waals surface area contributed by atoms with Gasteiger partial charge in [0.05, 0.1) is 12.4 Å². The molecule has 2 fully saturated rings. The van der Waals surface area contributed by atoms with Crippen LogP contribution in [0.4, 0.5) is 0 Å². The molecule has 6 rings (SSSR count). The summed E-state index contributed by atoms with van der Waals surface area (Å²) < 4.78 is 39.2. The lowest BCUT2D eigenvalue weighted by molar-refractivity contribution is -0.130. The van der Waals surface area contributed by atoms with E-state index in [1.54, 1.807) is 0 Å². The third-order valence-corrected chi connectivity index (χ3v) is 12.6. The Hall–Kier alpha value is -3.16. The number of unbranched alkanes of at least 4 members (excludes halogenated alkanes) is 3. The van der Waals surface area contributed by atoms with Crippen molar-refractivity contribution in [2.24, 2.45) is 17.3 Å². The highest BCUT2D eigenvalue weighted by molar-refractivity contribution is 7.89. The van der Waals surface area contributed by atoms with Crippen LogP contribution in [0.3, 0.4) is 0 Å². The van der Waals surface area contributed by atoms with Crippen LogP contribution < -0.4 is 14.2 Å². The fraction of sp³-hybridized carbons (Fsp3) is 0.525. The normalized spacial score (nSPS) is 25.1. The smallest absolute Gasteiger partial charge is 0.211 e. The Kier molecular flexibility index (Phi) is 10.7. The molecular formula is C40H51NO5S. The third-order valence-electron chi connectivity index (χ3n) is 11.1. The van der Waals surface area contributed by atoms with Gasteiger partial charge in [-0.3, -0.25) is 4.79 Å². The van der Waals surface area contributed by atoms with E-state index in [1.165, 1.54) is 16.7 Å². The zero-order valence-electron chi connectivity index (χ0n) is 28.1. The summed E-state index contributed by atoms with van der Waals surface area (Å²) in [5.74, 6) is 3.96. The van der Waals surface area contributed by atoms with Crippen molar-refractivity contribution < 1.29 is 22.7 Å². The van der Waals surface area contributed by atoms with E-state index >= 15 is 0 Å². The average molecular weight is 658 g/mol. The molecule has 5 atom stereocenters. The van der Waals surface area contributed by atoms with Crippen molar-refractivity contribution in [3.05, 3.63) is 95.1 Å².